The molecule has 3 aromatic heterocycles. The Balaban J connectivity index is 1.54. The van der Waals surface area contributed by atoms with Crippen LogP contribution in [0.15, 0.2) is 28.6 Å². The first-order valence-corrected chi connectivity index (χ1v) is 9.76. The highest BCUT2D eigenvalue weighted by molar-refractivity contribution is 7.18. The third-order valence-corrected chi connectivity index (χ3v) is 6.73. The summed E-state index contributed by atoms with van der Waals surface area (Å²) >= 11 is 3.03. The van der Waals surface area contributed by atoms with Gasteiger partial charge in [-0.15, -0.1) is 22.7 Å². The molecule has 2 aliphatic rings. The minimum absolute atomic E-state index is 0.0801. The average Bonchev–Trinajstić information content (AvgIpc) is 3.15. The van der Waals surface area contributed by atoms with Crippen LogP contribution >= 0.6 is 22.7 Å². The minimum Gasteiger partial charge on any atom is -0.332 e. The summed E-state index contributed by atoms with van der Waals surface area (Å²) in [5, 5.41) is 2.71. The maximum Gasteiger partial charge on any atom is 0.264 e. The third-order valence-electron chi connectivity index (χ3n) is 4.75. The Morgan fingerprint density at radius 2 is 2.21 bits per heavy atom. The Hall–Kier alpha value is -1.99. The number of amides is 1. The highest BCUT2D eigenvalue weighted by Crippen LogP contribution is 2.36. The lowest BCUT2D eigenvalue weighted by Crippen LogP contribution is -2.35. The molecule has 5 nitrogen and oxygen atoms in total. The topological polar surface area (TPSA) is 55.2 Å². The van der Waals surface area contributed by atoms with E-state index >= 15 is 0 Å². The molecule has 0 radical (unpaired) electrons. The maximum absolute atomic E-state index is 12.8. The Morgan fingerprint density at radius 3 is 2.96 bits per heavy atom. The van der Waals surface area contributed by atoms with Gasteiger partial charge in [0.15, 0.2) is 0 Å². The fourth-order valence-corrected chi connectivity index (χ4v) is 5.22. The van der Waals surface area contributed by atoms with E-state index in [0.29, 0.717) is 19.1 Å². The molecule has 7 heteroatoms. The number of hydrogen-bond donors (Lipinski definition) is 0. The summed E-state index contributed by atoms with van der Waals surface area (Å²) < 4.78 is 1.79. The van der Waals surface area contributed by atoms with Gasteiger partial charge >= 0.3 is 0 Å². The third kappa shape index (κ3) is 2.15. The van der Waals surface area contributed by atoms with Crippen LogP contribution in [0.3, 0.4) is 0 Å². The zero-order valence-electron chi connectivity index (χ0n) is 12.9. The fourth-order valence-electron chi connectivity index (χ4n) is 3.34. The Labute approximate surface area is 146 Å². The van der Waals surface area contributed by atoms with Gasteiger partial charge < -0.3 is 4.90 Å². The number of nitrogens with zero attached hydrogens (tertiary/aromatic N) is 3. The monoisotopic (exact) mass is 357 g/mol. The largest absolute Gasteiger partial charge is 0.332 e. The molecule has 0 bridgehead atoms. The normalized spacial score (nSPS) is 17.2. The van der Waals surface area contributed by atoms with Crippen LogP contribution in [0.4, 0.5) is 0 Å². The molecule has 1 amide bonds. The van der Waals surface area contributed by atoms with E-state index in [9.17, 15) is 9.59 Å². The number of hydrogen-bond acceptors (Lipinski definition) is 5. The molecule has 0 spiro atoms. The van der Waals surface area contributed by atoms with Crippen LogP contribution in [-0.2, 0) is 13.0 Å². The number of carbonyl (C=O) groups is 1. The molecule has 1 fully saturated rings. The number of thiophene rings is 2. The zero-order valence-corrected chi connectivity index (χ0v) is 14.5. The molecule has 1 saturated carbocycles. The van der Waals surface area contributed by atoms with E-state index in [1.165, 1.54) is 11.3 Å². The highest BCUT2D eigenvalue weighted by atomic mass is 32.1. The highest BCUT2D eigenvalue weighted by Gasteiger charge is 2.30. The van der Waals surface area contributed by atoms with Gasteiger partial charge in [0.1, 0.15) is 4.83 Å². The molecule has 0 unspecified atom stereocenters. The van der Waals surface area contributed by atoms with Crippen LogP contribution in [0.25, 0.3) is 10.2 Å². The van der Waals surface area contributed by atoms with Gasteiger partial charge in [-0.25, -0.2) is 4.98 Å². The van der Waals surface area contributed by atoms with Gasteiger partial charge in [-0.1, -0.05) is 6.07 Å². The summed E-state index contributed by atoms with van der Waals surface area (Å²) in [4.78, 5) is 34.4. The van der Waals surface area contributed by atoms with Crippen LogP contribution in [0.2, 0.25) is 0 Å². The second-order valence-electron chi connectivity index (χ2n) is 6.33. The van der Waals surface area contributed by atoms with Crippen LogP contribution in [0.1, 0.15) is 39.0 Å². The van der Waals surface area contributed by atoms with E-state index in [4.69, 9.17) is 0 Å². The number of aromatic nitrogens is 2. The summed E-state index contributed by atoms with van der Waals surface area (Å²) in [6.45, 7) is 1.24. The summed E-state index contributed by atoms with van der Waals surface area (Å²) in [5.41, 5.74) is 1.20. The minimum atomic E-state index is 0.0801. The number of fused-ring (bicyclic) bond motifs is 3. The van der Waals surface area contributed by atoms with E-state index in [-0.39, 0.29) is 11.5 Å². The quantitative estimate of drug-likeness (QED) is 0.708. The van der Waals surface area contributed by atoms with Crippen molar-refractivity contribution >= 4 is 38.8 Å². The van der Waals surface area contributed by atoms with Crippen molar-refractivity contribution in [3.63, 3.8) is 0 Å². The summed E-state index contributed by atoms with van der Waals surface area (Å²) in [6.07, 6.45) is 4.57. The lowest BCUT2D eigenvalue weighted by molar-refractivity contribution is 0.0742. The summed E-state index contributed by atoms with van der Waals surface area (Å²) in [5.74, 6) is 0.0801. The first-order valence-electron chi connectivity index (χ1n) is 8.06. The van der Waals surface area contributed by atoms with Crippen LogP contribution < -0.4 is 5.56 Å². The first-order chi connectivity index (χ1) is 11.7. The molecule has 1 aliphatic carbocycles. The van der Waals surface area contributed by atoms with Crippen molar-refractivity contribution in [2.45, 2.75) is 31.8 Å². The fraction of sp³-hybridized carbons (Fsp3) is 0.353. The van der Waals surface area contributed by atoms with E-state index in [0.717, 1.165) is 44.8 Å². The molecule has 0 saturated heterocycles. The molecule has 0 aromatic carbocycles. The average molecular weight is 357 g/mol. The van der Waals surface area contributed by atoms with Crippen LogP contribution in [-0.4, -0.2) is 26.9 Å². The molecule has 24 heavy (non-hydrogen) atoms. The molecule has 4 heterocycles. The van der Waals surface area contributed by atoms with Crippen LogP contribution in [0, 0.1) is 0 Å². The van der Waals surface area contributed by atoms with Gasteiger partial charge in [-0.3, -0.25) is 14.2 Å². The molecule has 0 N–H and O–H groups in total. The van der Waals surface area contributed by atoms with E-state index in [1.54, 1.807) is 22.2 Å². The van der Waals surface area contributed by atoms with Crippen molar-refractivity contribution in [1.82, 2.24) is 14.5 Å². The first kappa shape index (κ1) is 14.4. The second kappa shape index (κ2) is 5.26. The maximum atomic E-state index is 12.8. The van der Waals surface area contributed by atoms with Crippen LogP contribution in [0.5, 0.6) is 0 Å². The van der Waals surface area contributed by atoms with Crippen molar-refractivity contribution in [2.24, 2.45) is 0 Å². The van der Waals surface area contributed by atoms with Gasteiger partial charge in [-0.2, -0.15) is 0 Å². The standard InChI is InChI=1S/C17H15N3O2S2/c21-16(12-2-1-7-23-12)19-6-5-11-13(8-19)24-15-14(11)17(22)20(9-18-15)10-3-4-10/h1-2,7,9-10H,3-6,8H2. The van der Waals surface area contributed by atoms with E-state index < -0.39 is 0 Å². The molecule has 0 atom stereocenters. The second-order valence-corrected chi connectivity index (χ2v) is 8.36. The van der Waals surface area contributed by atoms with Crippen molar-refractivity contribution in [1.29, 1.82) is 0 Å². The lowest BCUT2D eigenvalue weighted by Gasteiger charge is -2.26. The SMILES string of the molecule is O=C(c1cccs1)N1CCc2c(sc3ncn(C4CC4)c(=O)c23)C1. The Kier molecular flexibility index (Phi) is 3.14. The summed E-state index contributed by atoms with van der Waals surface area (Å²) in [6, 6.07) is 4.10. The molecular formula is C17H15N3O2S2. The molecule has 3 aromatic rings. The van der Waals surface area contributed by atoms with Crippen molar-refractivity contribution in [2.75, 3.05) is 6.54 Å². The predicted octanol–water partition coefficient (Wildman–Crippen LogP) is 3.05. The Bertz CT molecular complexity index is 999. The van der Waals surface area contributed by atoms with E-state index in [1.807, 2.05) is 22.4 Å². The predicted molar refractivity (Wildman–Crippen MR) is 94.9 cm³/mol. The Morgan fingerprint density at radius 1 is 1.33 bits per heavy atom. The number of carbonyl (C=O) groups excluding carboxylic acids is 1. The van der Waals surface area contributed by atoms with Crippen molar-refractivity contribution in [3.8, 4) is 0 Å². The molecule has 5 rings (SSSR count). The molecule has 122 valence electrons. The lowest BCUT2D eigenvalue weighted by atomic mass is 10.1. The van der Waals surface area contributed by atoms with Gasteiger partial charge in [0.2, 0.25) is 0 Å². The van der Waals surface area contributed by atoms with E-state index in [2.05, 4.69) is 4.98 Å². The van der Waals surface area contributed by atoms with Gasteiger partial charge in [0, 0.05) is 17.5 Å². The number of rotatable bonds is 2. The summed E-state index contributed by atoms with van der Waals surface area (Å²) in [7, 11) is 0. The van der Waals surface area contributed by atoms with Crippen molar-refractivity contribution in [3.05, 3.63) is 49.5 Å². The van der Waals surface area contributed by atoms with Crippen molar-refractivity contribution < 1.29 is 4.79 Å². The van der Waals surface area contributed by atoms with Gasteiger partial charge in [-0.05, 0) is 36.3 Å². The molecular weight excluding hydrogens is 342 g/mol. The zero-order chi connectivity index (χ0) is 16.3. The smallest absolute Gasteiger partial charge is 0.264 e. The van der Waals surface area contributed by atoms with Gasteiger partial charge in [0.25, 0.3) is 11.5 Å². The molecule has 1 aliphatic heterocycles. The van der Waals surface area contributed by atoms with Gasteiger partial charge in [0.05, 0.1) is 23.1 Å².